The van der Waals surface area contributed by atoms with Gasteiger partial charge >= 0.3 is 0 Å². The Hall–Kier alpha value is -2.06. The van der Waals surface area contributed by atoms with Gasteiger partial charge in [-0.2, -0.15) is 4.98 Å². The van der Waals surface area contributed by atoms with Crippen LogP contribution in [0.2, 0.25) is 0 Å². The van der Waals surface area contributed by atoms with Crippen LogP contribution in [-0.2, 0) is 0 Å². The number of unbranched alkanes of at least 4 members (excludes halogenated alkanes) is 1. The second-order valence-corrected chi connectivity index (χ2v) is 10.1. The minimum Gasteiger partial charge on any atom is -0.349 e. The first-order chi connectivity index (χ1) is 15.4. The monoisotopic (exact) mass is 503 g/mol. The van der Waals surface area contributed by atoms with Crippen LogP contribution < -0.4 is 16.0 Å². The zero-order chi connectivity index (χ0) is 22.6. The van der Waals surface area contributed by atoms with Crippen LogP contribution >= 0.6 is 15.9 Å². The lowest BCUT2D eigenvalue weighted by Gasteiger charge is -2.23. The molecule has 2 fully saturated rings. The van der Waals surface area contributed by atoms with Crippen molar-refractivity contribution in [3.63, 3.8) is 0 Å². The van der Waals surface area contributed by atoms with Gasteiger partial charge < -0.3 is 16.0 Å². The lowest BCUT2D eigenvalue weighted by Crippen LogP contribution is -2.29. The smallest absolute Gasteiger partial charge is 0.259 e. The van der Waals surface area contributed by atoms with Gasteiger partial charge in [0, 0.05) is 21.8 Å². The van der Waals surface area contributed by atoms with Gasteiger partial charge in [0.1, 0.15) is 11.6 Å². The van der Waals surface area contributed by atoms with E-state index in [4.69, 9.17) is 0 Å². The van der Waals surface area contributed by atoms with Crippen molar-refractivity contribution in [2.24, 2.45) is 5.92 Å². The van der Waals surface area contributed by atoms with E-state index in [0.717, 1.165) is 30.9 Å². The largest absolute Gasteiger partial charge is 0.349 e. The number of piperidine rings is 1. The van der Waals surface area contributed by atoms with Gasteiger partial charge in [0.2, 0.25) is 5.95 Å². The van der Waals surface area contributed by atoms with Crippen molar-refractivity contribution in [2.75, 3.05) is 23.7 Å². The molecule has 1 atom stereocenters. The van der Waals surface area contributed by atoms with Crippen LogP contribution in [0.5, 0.6) is 0 Å². The molecular weight excluding hydrogens is 473 g/mol. The summed E-state index contributed by atoms with van der Waals surface area (Å²) in [6.45, 7) is 4.19. The molecule has 1 saturated carbocycles. The molecule has 1 unspecified atom stereocenters. The molecule has 3 N–H and O–H groups in total. The maximum absolute atomic E-state index is 14.1. The van der Waals surface area contributed by atoms with Crippen molar-refractivity contribution in [3.8, 4) is 0 Å². The Labute approximate surface area is 197 Å². The molecule has 1 amide bonds. The SMILES string of the molecule is Cc1cc(NC(=O)c2ccc(Br)cc2F)nc(NC2(CCCCC3CCCNC3)CC2)n1. The van der Waals surface area contributed by atoms with E-state index in [1.165, 1.54) is 57.3 Å². The molecule has 2 aromatic rings. The number of carbonyl (C=O) groups excluding carboxylic acids is 1. The molecule has 6 nitrogen and oxygen atoms in total. The molecule has 1 aromatic heterocycles. The maximum atomic E-state index is 14.1. The van der Waals surface area contributed by atoms with E-state index in [1.807, 2.05) is 6.92 Å². The number of amides is 1. The number of aromatic nitrogens is 2. The summed E-state index contributed by atoms with van der Waals surface area (Å²) in [5.74, 6) is 0.603. The highest BCUT2D eigenvalue weighted by atomic mass is 79.9. The van der Waals surface area contributed by atoms with E-state index >= 15 is 0 Å². The number of rotatable bonds is 9. The summed E-state index contributed by atoms with van der Waals surface area (Å²) in [6, 6.07) is 6.05. The van der Waals surface area contributed by atoms with Gasteiger partial charge in [-0.05, 0) is 82.7 Å². The maximum Gasteiger partial charge on any atom is 0.259 e. The Kier molecular flexibility index (Phi) is 7.40. The van der Waals surface area contributed by atoms with E-state index in [-0.39, 0.29) is 11.1 Å². The van der Waals surface area contributed by atoms with Crippen LogP contribution in [0, 0.1) is 18.7 Å². The molecule has 0 spiro atoms. The van der Waals surface area contributed by atoms with Crippen molar-refractivity contribution >= 4 is 33.6 Å². The Morgan fingerprint density at radius 1 is 1.28 bits per heavy atom. The molecule has 4 rings (SSSR count). The highest BCUT2D eigenvalue weighted by Gasteiger charge is 2.42. The molecule has 32 heavy (non-hydrogen) atoms. The first-order valence-corrected chi connectivity index (χ1v) is 12.3. The quantitative estimate of drug-likeness (QED) is 0.396. The number of halogens is 2. The minimum atomic E-state index is -0.582. The number of aryl methyl sites for hydroxylation is 1. The zero-order valence-corrected chi connectivity index (χ0v) is 20.1. The molecule has 8 heteroatoms. The molecule has 1 saturated heterocycles. The molecule has 2 heterocycles. The summed E-state index contributed by atoms with van der Waals surface area (Å²) in [6.07, 6.45) is 9.73. The Balaban J connectivity index is 1.32. The third-order valence-electron chi connectivity index (χ3n) is 6.42. The third-order valence-corrected chi connectivity index (χ3v) is 6.91. The van der Waals surface area contributed by atoms with E-state index in [0.29, 0.717) is 16.2 Å². The van der Waals surface area contributed by atoms with Crippen molar-refractivity contribution in [2.45, 2.75) is 63.8 Å². The summed E-state index contributed by atoms with van der Waals surface area (Å²) in [7, 11) is 0. The lowest BCUT2D eigenvalue weighted by atomic mass is 9.93. The van der Waals surface area contributed by atoms with Gasteiger partial charge in [-0.25, -0.2) is 9.37 Å². The highest BCUT2D eigenvalue weighted by Crippen LogP contribution is 2.43. The number of anilines is 2. The average Bonchev–Trinajstić information content (AvgIpc) is 3.50. The number of nitrogens with one attached hydrogen (secondary N) is 3. The summed E-state index contributed by atoms with van der Waals surface area (Å²) in [5, 5.41) is 9.71. The highest BCUT2D eigenvalue weighted by molar-refractivity contribution is 9.10. The molecule has 0 bridgehead atoms. The van der Waals surface area contributed by atoms with Gasteiger partial charge in [-0.1, -0.05) is 28.8 Å². The first kappa shape index (κ1) is 23.1. The minimum absolute atomic E-state index is 0.0224. The second-order valence-electron chi connectivity index (χ2n) is 9.16. The number of hydrogen-bond acceptors (Lipinski definition) is 5. The fraction of sp³-hybridized carbons (Fsp3) is 0.542. The van der Waals surface area contributed by atoms with Crippen LogP contribution in [-0.4, -0.2) is 34.5 Å². The van der Waals surface area contributed by atoms with Crippen LogP contribution in [0.15, 0.2) is 28.7 Å². The second kappa shape index (κ2) is 10.3. The predicted octanol–water partition coefficient (Wildman–Crippen LogP) is 5.44. The summed E-state index contributed by atoms with van der Waals surface area (Å²) < 4.78 is 14.7. The van der Waals surface area contributed by atoms with Crippen LogP contribution in [0.3, 0.4) is 0 Å². The van der Waals surface area contributed by atoms with E-state index in [1.54, 1.807) is 12.1 Å². The lowest BCUT2D eigenvalue weighted by molar-refractivity contribution is 0.102. The van der Waals surface area contributed by atoms with Crippen molar-refractivity contribution < 1.29 is 9.18 Å². The number of benzene rings is 1. The van der Waals surface area contributed by atoms with Gasteiger partial charge in [-0.3, -0.25) is 4.79 Å². The van der Waals surface area contributed by atoms with Crippen LogP contribution in [0.4, 0.5) is 16.2 Å². The van der Waals surface area contributed by atoms with E-state index in [9.17, 15) is 9.18 Å². The van der Waals surface area contributed by atoms with Gasteiger partial charge in [0.05, 0.1) is 5.56 Å². The number of nitrogens with zero attached hydrogens (tertiary/aromatic N) is 2. The van der Waals surface area contributed by atoms with Crippen LogP contribution in [0.25, 0.3) is 0 Å². The van der Waals surface area contributed by atoms with Crippen molar-refractivity contribution in [1.29, 1.82) is 0 Å². The predicted molar refractivity (Wildman–Crippen MR) is 128 cm³/mol. The zero-order valence-electron chi connectivity index (χ0n) is 18.5. The Morgan fingerprint density at radius 2 is 2.12 bits per heavy atom. The fourth-order valence-corrected chi connectivity index (χ4v) is 4.77. The molecule has 1 aliphatic carbocycles. The van der Waals surface area contributed by atoms with Crippen molar-refractivity contribution in [3.05, 3.63) is 45.8 Å². The van der Waals surface area contributed by atoms with Gasteiger partial charge in [0.25, 0.3) is 5.91 Å². The van der Waals surface area contributed by atoms with E-state index < -0.39 is 11.7 Å². The van der Waals surface area contributed by atoms with Crippen LogP contribution in [0.1, 0.15) is 67.4 Å². The Morgan fingerprint density at radius 3 is 2.84 bits per heavy atom. The average molecular weight is 504 g/mol. The van der Waals surface area contributed by atoms with Gasteiger partial charge in [-0.15, -0.1) is 0 Å². The topological polar surface area (TPSA) is 78.9 Å². The molecule has 1 aliphatic heterocycles. The fourth-order valence-electron chi connectivity index (χ4n) is 4.44. The molecule has 1 aromatic carbocycles. The molecule has 0 radical (unpaired) electrons. The summed E-state index contributed by atoms with van der Waals surface area (Å²) >= 11 is 3.20. The first-order valence-electron chi connectivity index (χ1n) is 11.5. The van der Waals surface area contributed by atoms with E-state index in [2.05, 4.69) is 41.8 Å². The number of carbonyl (C=O) groups is 1. The summed E-state index contributed by atoms with van der Waals surface area (Å²) in [5.41, 5.74) is 0.790. The Bertz CT molecular complexity index is 959. The molecule has 2 aliphatic rings. The standard InChI is InChI=1S/C24H31BrFN5O/c1-16-13-21(29-22(32)19-8-7-18(25)14-20(19)26)30-23(28-16)31-24(10-11-24)9-3-2-5-17-6-4-12-27-15-17/h7-8,13-14,17,27H,2-6,9-12,15H2,1H3,(H2,28,29,30,31,32). The normalized spacial score (nSPS) is 19.4. The molecule has 172 valence electrons. The number of hydrogen-bond donors (Lipinski definition) is 3. The third kappa shape index (κ3) is 6.25. The van der Waals surface area contributed by atoms with Gasteiger partial charge in [0.15, 0.2) is 0 Å². The van der Waals surface area contributed by atoms with Crippen molar-refractivity contribution in [1.82, 2.24) is 15.3 Å². The molecular formula is C24H31BrFN5O. The summed E-state index contributed by atoms with van der Waals surface area (Å²) in [4.78, 5) is 21.5.